The highest BCUT2D eigenvalue weighted by molar-refractivity contribution is 7.98. The van der Waals surface area contributed by atoms with Gasteiger partial charge in [-0.3, -0.25) is 4.98 Å². The average molecular weight is 364 g/mol. The number of anilines is 2. The van der Waals surface area contributed by atoms with Crippen molar-refractivity contribution in [3.63, 3.8) is 0 Å². The van der Waals surface area contributed by atoms with Crippen LogP contribution >= 0.6 is 11.8 Å². The molecule has 26 heavy (non-hydrogen) atoms. The van der Waals surface area contributed by atoms with Gasteiger partial charge in [0.2, 0.25) is 0 Å². The van der Waals surface area contributed by atoms with Gasteiger partial charge >= 0.3 is 0 Å². The number of thioether (sulfide) groups is 1. The van der Waals surface area contributed by atoms with Crippen LogP contribution in [0.1, 0.15) is 36.1 Å². The quantitative estimate of drug-likeness (QED) is 0.650. The Morgan fingerprint density at radius 2 is 2.12 bits per heavy atom. The van der Waals surface area contributed by atoms with Gasteiger partial charge in [-0.1, -0.05) is 6.07 Å². The third-order valence-corrected chi connectivity index (χ3v) is 5.43. The molecule has 7 heteroatoms. The lowest BCUT2D eigenvalue weighted by atomic mass is 10.1. The summed E-state index contributed by atoms with van der Waals surface area (Å²) < 4.78 is 0. The van der Waals surface area contributed by atoms with Gasteiger partial charge in [0.1, 0.15) is 16.9 Å². The van der Waals surface area contributed by atoms with E-state index in [2.05, 4.69) is 25.8 Å². The zero-order chi connectivity index (χ0) is 18.5. The molecule has 6 nitrogen and oxygen atoms in total. The van der Waals surface area contributed by atoms with Gasteiger partial charge in [-0.15, -0.1) is 11.8 Å². The molecule has 0 aromatic carbocycles. The summed E-state index contributed by atoms with van der Waals surface area (Å²) in [6.07, 6.45) is 5.12. The van der Waals surface area contributed by atoms with Crippen LogP contribution in [0.4, 0.5) is 17.2 Å². The Hall–Kier alpha value is -2.77. The van der Waals surface area contributed by atoms with Crippen molar-refractivity contribution in [2.45, 2.75) is 37.0 Å². The standard InChI is InChI=1S/C19H20N6S/c1-13-6-7-14(11-23-13)12-26-19-15(10-20)17(16(22-2)18(21)24-19)25-8-4-3-5-9-25/h6-7,11H,3-5,8-9,12H2,1H3,(H2,21,24). The van der Waals surface area contributed by atoms with Crippen molar-refractivity contribution in [3.8, 4) is 6.07 Å². The number of piperidine rings is 1. The van der Waals surface area contributed by atoms with E-state index in [0.717, 1.165) is 37.2 Å². The van der Waals surface area contributed by atoms with E-state index >= 15 is 0 Å². The molecule has 3 heterocycles. The van der Waals surface area contributed by atoms with E-state index in [0.29, 0.717) is 27.7 Å². The highest BCUT2D eigenvalue weighted by Gasteiger charge is 2.24. The minimum absolute atomic E-state index is 0.198. The van der Waals surface area contributed by atoms with Gasteiger partial charge in [-0.05, 0) is 37.8 Å². The number of nitrogens with two attached hydrogens (primary N) is 1. The highest BCUT2D eigenvalue weighted by Crippen LogP contribution is 2.42. The van der Waals surface area contributed by atoms with Gasteiger partial charge < -0.3 is 10.6 Å². The minimum atomic E-state index is 0.198. The summed E-state index contributed by atoms with van der Waals surface area (Å²) in [4.78, 5) is 14.3. The number of nitrogen functional groups attached to an aromatic ring is 1. The Kier molecular flexibility index (Phi) is 5.60. The normalized spacial score (nSPS) is 13.9. The molecule has 3 rings (SSSR count). The molecule has 0 bridgehead atoms. The molecule has 1 saturated heterocycles. The van der Waals surface area contributed by atoms with E-state index in [1.54, 1.807) is 0 Å². The maximum absolute atomic E-state index is 9.79. The number of nitriles is 1. The molecule has 0 saturated carbocycles. The molecule has 0 amide bonds. The molecule has 0 unspecified atom stereocenters. The van der Waals surface area contributed by atoms with E-state index in [9.17, 15) is 5.26 Å². The van der Waals surface area contributed by atoms with Gasteiger partial charge in [-0.2, -0.15) is 5.26 Å². The fourth-order valence-electron chi connectivity index (χ4n) is 3.04. The molecule has 2 N–H and O–H groups in total. The summed E-state index contributed by atoms with van der Waals surface area (Å²) in [6.45, 7) is 11.1. The molecule has 0 aliphatic carbocycles. The lowest BCUT2D eigenvalue weighted by Gasteiger charge is -2.31. The molecule has 0 radical (unpaired) electrons. The Morgan fingerprint density at radius 1 is 1.35 bits per heavy atom. The summed E-state index contributed by atoms with van der Waals surface area (Å²) in [7, 11) is 0. The number of rotatable bonds is 4. The van der Waals surface area contributed by atoms with Gasteiger partial charge in [0.25, 0.3) is 5.69 Å². The highest BCUT2D eigenvalue weighted by atomic mass is 32.2. The van der Waals surface area contributed by atoms with E-state index < -0.39 is 0 Å². The third-order valence-electron chi connectivity index (χ3n) is 4.38. The second-order valence-corrected chi connectivity index (χ2v) is 7.21. The Morgan fingerprint density at radius 3 is 2.73 bits per heavy atom. The Labute approximate surface area is 157 Å². The van der Waals surface area contributed by atoms with Crippen LogP contribution in [-0.4, -0.2) is 23.1 Å². The van der Waals surface area contributed by atoms with Gasteiger partial charge in [-0.25, -0.2) is 9.83 Å². The SMILES string of the molecule is [C-]#[N+]c1c(N)nc(SCc2ccc(C)nc2)c(C#N)c1N1CCCCC1. The molecule has 0 spiro atoms. The third kappa shape index (κ3) is 3.74. The van der Waals surface area contributed by atoms with Crippen molar-refractivity contribution in [2.75, 3.05) is 23.7 Å². The monoisotopic (exact) mass is 364 g/mol. The topological polar surface area (TPSA) is 83.2 Å². The number of nitrogens with zero attached hydrogens (tertiary/aromatic N) is 5. The molecular formula is C19H20N6S. The zero-order valence-electron chi connectivity index (χ0n) is 14.7. The van der Waals surface area contributed by atoms with Crippen molar-refractivity contribution in [2.24, 2.45) is 0 Å². The van der Waals surface area contributed by atoms with Crippen LogP contribution in [0, 0.1) is 24.8 Å². The van der Waals surface area contributed by atoms with Crippen molar-refractivity contribution in [1.82, 2.24) is 9.97 Å². The summed E-state index contributed by atoms with van der Waals surface area (Å²) in [5, 5.41) is 10.4. The van der Waals surface area contributed by atoms with Gasteiger partial charge in [0.15, 0.2) is 0 Å². The minimum Gasteiger partial charge on any atom is -0.392 e. The largest absolute Gasteiger partial charge is 0.392 e. The molecule has 2 aromatic rings. The maximum atomic E-state index is 9.79. The number of hydrogen-bond acceptors (Lipinski definition) is 6. The predicted octanol–water partition coefficient (Wildman–Crippen LogP) is 4.07. The summed E-state index contributed by atoms with van der Waals surface area (Å²) in [5.74, 6) is 0.842. The van der Waals surface area contributed by atoms with E-state index in [1.807, 2.05) is 25.3 Å². The van der Waals surface area contributed by atoms with E-state index in [-0.39, 0.29) is 5.82 Å². The number of hydrogen-bond donors (Lipinski definition) is 1. The van der Waals surface area contributed by atoms with Gasteiger partial charge in [0.05, 0.1) is 17.8 Å². The zero-order valence-corrected chi connectivity index (χ0v) is 15.5. The van der Waals surface area contributed by atoms with Crippen LogP contribution in [0.15, 0.2) is 23.4 Å². The summed E-state index contributed by atoms with van der Waals surface area (Å²) >= 11 is 1.46. The van der Waals surface area contributed by atoms with Gasteiger partial charge in [0, 0.05) is 30.7 Å². The van der Waals surface area contributed by atoms with Crippen molar-refractivity contribution >= 4 is 29.0 Å². The summed E-state index contributed by atoms with van der Waals surface area (Å²) in [6, 6.07) is 6.25. The molecular weight excluding hydrogens is 344 g/mol. The van der Waals surface area contributed by atoms with Crippen LogP contribution in [0.2, 0.25) is 0 Å². The maximum Gasteiger partial charge on any atom is 0.251 e. The van der Waals surface area contributed by atoms with Crippen LogP contribution in [-0.2, 0) is 5.75 Å². The Bertz CT molecular complexity index is 873. The smallest absolute Gasteiger partial charge is 0.251 e. The first kappa shape index (κ1) is 18.0. The lowest BCUT2D eigenvalue weighted by Crippen LogP contribution is -2.30. The van der Waals surface area contributed by atoms with Crippen LogP contribution in [0.25, 0.3) is 4.85 Å². The number of aryl methyl sites for hydroxylation is 1. The van der Waals surface area contributed by atoms with Crippen molar-refractivity contribution < 1.29 is 0 Å². The first-order valence-corrected chi connectivity index (χ1v) is 9.53. The molecule has 1 aliphatic rings. The van der Waals surface area contributed by atoms with Crippen molar-refractivity contribution in [1.29, 1.82) is 5.26 Å². The van der Waals surface area contributed by atoms with E-state index in [4.69, 9.17) is 12.3 Å². The molecule has 2 aromatic heterocycles. The molecule has 1 fully saturated rings. The second kappa shape index (κ2) is 8.07. The van der Waals surface area contributed by atoms with Crippen molar-refractivity contribution in [3.05, 3.63) is 46.6 Å². The van der Waals surface area contributed by atoms with E-state index in [1.165, 1.54) is 18.2 Å². The first-order valence-electron chi connectivity index (χ1n) is 8.54. The van der Waals surface area contributed by atoms with Crippen LogP contribution in [0.5, 0.6) is 0 Å². The fraction of sp³-hybridized carbons (Fsp3) is 0.368. The molecule has 1 aliphatic heterocycles. The molecule has 0 atom stereocenters. The first-order chi connectivity index (χ1) is 12.6. The molecule has 132 valence electrons. The fourth-order valence-corrected chi connectivity index (χ4v) is 3.96. The lowest BCUT2D eigenvalue weighted by molar-refractivity contribution is 0.577. The number of aromatic nitrogens is 2. The summed E-state index contributed by atoms with van der Waals surface area (Å²) in [5.41, 5.74) is 9.49. The second-order valence-electron chi connectivity index (χ2n) is 6.24. The number of pyridine rings is 2. The Balaban J connectivity index is 1.97. The van der Waals surface area contributed by atoms with Crippen LogP contribution in [0.3, 0.4) is 0 Å². The average Bonchev–Trinajstić information content (AvgIpc) is 2.67. The van der Waals surface area contributed by atoms with Crippen LogP contribution < -0.4 is 10.6 Å². The predicted molar refractivity (Wildman–Crippen MR) is 104 cm³/mol.